The number of rotatable bonds is 4. The monoisotopic (exact) mass is 283 g/mol. The van der Waals surface area contributed by atoms with E-state index >= 15 is 0 Å². The molecule has 4 heteroatoms. The van der Waals surface area contributed by atoms with Crippen LogP contribution in [0.5, 0.6) is 5.75 Å². The summed E-state index contributed by atoms with van der Waals surface area (Å²) in [6, 6.07) is 7.67. The zero-order valence-corrected chi connectivity index (χ0v) is 11.5. The standard InChI is InChI=1S/C14H13Cl2O2/c1-17-11-7-5-10(6-8-11)9-18-14-12(15)3-2-4-13(14)16/h2-3,5-8H,4,9H2,1H3. The summed E-state index contributed by atoms with van der Waals surface area (Å²) in [7, 11) is 1.64. The van der Waals surface area contributed by atoms with E-state index in [1.165, 1.54) is 0 Å². The van der Waals surface area contributed by atoms with Crippen molar-refractivity contribution in [3.63, 3.8) is 0 Å². The molecule has 1 aromatic rings. The Hall–Kier alpha value is -1.12. The van der Waals surface area contributed by atoms with Crippen molar-refractivity contribution in [2.24, 2.45) is 0 Å². The van der Waals surface area contributed by atoms with Gasteiger partial charge in [-0.25, -0.2) is 0 Å². The molecule has 0 atom stereocenters. The molecule has 0 N–H and O–H groups in total. The molecule has 0 spiro atoms. The highest BCUT2D eigenvalue weighted by molar-refractivity contribution is 6.35. The molecule has 1 aliphatic rings. The molecule has 0 fully saturated rings. The Kier molecular flexibility index (Phi) is 4.56. The summed E-state index contributed by atoms with van der Waals surface area (Å²) >= 11 is 12.1. The minimum atomic E-state index is 0.430. The molecule has 0 bridgehead atoms. The van der Waals surface area contributed by atoms with Crippen molar-refractivity contribution in [1.29, 1.82) is 0 Å². The van der Waals surface area contributed by atoms with E-state index < -0.39 is 0 Å². The fourth-order valence-corrected chi connectivity index (χ4v) is 2.14. The van der Waals surface area contributed by atoms with Crippen LogP contribution in [0.2, 0.25) is 0 Å². The van der Waals surface area contributed by atoms with Gasteiger partial charge in [-0.05, 0) is 30.5 Å². The van der Waals surface area contributed by atoms with Crippen LogP contribution in [0.1, 0.15) is 12.0 Å². The molecule has 1 aromatic carbocycles. The van der Waals surface area contributed by atoms with Crippen LogP contribution in [-0.2, 0) is 11.3 Å². The number of hydrogen-bond acceptors (Lipinski definition) is 2. The molecule has 0 aromatic heterocycles. The Morgan fingerprint density at radius 1 is 1.17 bits per heavy atom. The average Bonchev–Trinajstić information content (AvgIpc) is 2.39. The van der Waals surface area contributed by atoms with E-state index in [-0.39, 0.29) is 0 Å². The maximum absolute atomic E-state index is 6.07. The van der Waals surface area contributed by atoms with Crippen molar-refractivity contribution in [2.45, 2.75) is 13.0 Å². The molecule has 0 heterocycles. The Morgan fingerprint density at radius 2 is 1.89 bits per heavy atom. The summed E-state index contributed by atoms with van der Waals surface area (Å²) < 4.78 is 10.7. The molecule has 18 heavy (non-hydrogen) atoms. The van der Waals surface area contributed by atoms with Crippen molar-refractivity contribution in [1.82, 2.24) is 0 Å². The van der Waals surface area contributed by atoms with Gasteiger partial charge in [-0.15, -0.1) is 0 Å². The maximum Gasteiger partial charge on any atom is 0.152 e. The molecular formula is C14H13Cl2O2. The van der Waals surface area contributed by atoms with Gasteiger partial charge in [0.15, 0.2) is 5.76 Å². The Balaban J connectivity index is 2.00. The first-order valence-electron chi connectivity index (χ1n) is 5.54. The number of methoxy groups -OCH3 is 1. The van der Waals surface area contributed by atoms with Gasteiger partial charge in [0.05, 0.1) is 17.2 Å². The molecule has 0 saturated carbocycles. The molecule has 95 valence electrons. The quantitative estimate of drug-likeness (QED) is 0.816. The van der Waals surface area contributed by atoms with Crippen molar-refractivity contribution in [2.75, 3.05) is 7.11 Å². The smallest absolute Gasteiger partial charge is 0.152 e. The minimum Gasteiger partial charge on any atom is -0.497 e. The summed E-state index contributed by atoms with van der Waals surface area (Å²) in [5.74, 6) is 1.39. The number of allylic oxidation sites excluding steroid dienone is 3. The van der Waals surface area contributed by atoms with Crippen molar-refractivity contribution in [3.05, 3.63) is 58.1 Å². The van der Waals surface area contributed by atoms with E-state index in [2.05, 4.69) is 0 Å². The van der Waals surface area contributed by atoms with Gasteiger partial charge in [0.25, 0.3) is 0 Å². The lowest BCUT2D eigenvalue weighted by atomic mass is 10.1. The van der Waals surface area contributed by atoms with Crippen molar-refractivity contribution < 1.29 is 9.47 Å². The van der Waals surface area contributed by atoms with Crippen LogP contribution in [0.25, 0.3) is 0 Å². The first-order valence-corrected chi connectivity index (χ1v) is 6.30. The van der Waals surface area contributed by atoms with E-state index in [1.807, 2.05) is 30.7 Å². The SMILES string of the molecule is COc1ccc(COC2=C(Cl)C[CH]C=C2Cl)cc1. The van der Waals surface area contributed by atoms with Crippen LogP contribution in [0.15, 0.2) is 46.2 Å². The van der Waals surface area contributed by atoms with Gasteiger partial charge < -0.3 is 9.47 Å². The second-order valence-electron chi connectivity index (χ2n) is 3.83. The lowest BCUT2D eigenvalue weighted by molar-refractivity contribution is 0.206. The van der Waals surface area contributed by atoms with Gasteiger partial charge in [-0.2, -0.15) is 0 Å². The predicted molar refractivity (Wildman–Crippen MR) is 73.5 cm³/mol. The molecule has 1 aliphatic carbocycles. The Bertz CT molecular complexity index is 475. The molecule has 0 saturated heterocycles. The third-order valence-electron chi connectivity index (χ3n) is 2.57. The molecular weight excluding hydrogens is 271 g/mol. The summed E-state index contributed by atoms with van der Waals surface area (Å²) in [5, 5.41) is 1.18. The van der Waals surface area contributed by atoms with Gasteiger partial charge in [0, 0.05) is 0 Å². The average molecular weight is 284 g/mol. The van der Waals surface area contributed by atoms with Gasteiger partial charge >= 0.3 is 0 Å². The topological polar surface area (TPSA) is 18.5 Å². The Morgan fingerprint density at radius 3 is 2.50 bits per heavy atom. The van der Waals surface area contributed by atoms with Gasteiger partial charge in [0.2, 0.25) is 0 Å². The number of benzene rings is 1. The first-order chi connectivity index (χ1) is 8.70. The van der Waals surface area contributed by atoms with E-state index in [0.717, 1.165) is 11.3 Å². The number of hydrogen-bond donors (Lipinski definition) is 0. The van der Waals surface area contributed by atoms with Gasteiger partial charge in [0.1, 0.15) is 12.4 Å². The minimum absolute atomic E-state index is 0.430. The molecule has 1 radical (unpaired) electrons. The third-order valence-corrected chi connectivity index (χ3v) is 3.19. The van der Waals surface area contributed by atoms with Crippen LogP contribution in [-0.4, -0.2) is 7.11 Å². The summed E-state index contributed by atoms with van der Waals surface area (Å²) in [5.41, 5.74) is 1.03. The summed E-state index contributed by atoms with van der Waals surface area (Å²) in [6.07, 6.45) is 4.37. The van der Waals surface area contributed by atoms with Crippen LogP contribution in [0.4, 0.5) is 0 Å². The highest BCUT2D eigenvalue weighted by atomic mass is 35.5. The van der Waals surface area contributed by atoms with Crippen LogP contribution in [0, 0.1) is 6.42 Å². The number of halogens is 2. The second-order valence-corrected chi connectivity index (χ2v) is 4.69. The lowest BCUT2D eigenvalue weighted by Crippen LogP contribution is -2.00. The largest absolute Gasteiger partial charge is 0.497 e. The van der Waals surface area contributed by atoms with Crippen LogP contribution < -0.4 is 4.74 Å². The fourth-order valence-electron chi connectivity index (χ4n) is 1.59. The summed E-state index contributed by atoms with van der Waals surface area (Å²) in [4.78, 5) is 0. The number of ether oxygens (including phenoxy) is 2. The second kappa shape index (κ2) is 6.17. The van der Waals surface area contributed by atoms with E-state index in [9.17, 15) is 0 Å². The van der Waals surface area contributed by atoms with Gasteiger partial charge in [-0.1, -0.05) is 41.4 Å². The zero-order chi connectivity index (χ0) is 13.0. The van der Waals surface area contributed by atoms with E-state index in [0.29, 0.717) is 28.9 Å². The van der Waals surface area contributed by atoms with E-state index in [1.54, 1.807) is 13.2 Å². The molecule has 0 amide bonds. The molecule has 0 unspecified atom stereocenters. The van der Waals surface area contributed by atoms with Gasteiger partial charge in [-0.3, -0.25) is 0 Å². The van der Waals surface area contributed by atoms with E-state index in [4.69, 9.17) is 32.7 Å². The Labute approximate surface area is 117 Å². The predicted octanol–water partition coefficient (Wildman–Crippen LogP) is 4.39. The van der Waals surface area contributed by atoms with Crippen molar-refractivity contribution >= 4 is 23.2 Å². The van der Waals surface area contributed by atoms with Crippen LogP contribution in [0.3, 0.4) is 0 Å². The first kappa shape index (κ1) is 13.3. The summed E-state index contributed by atoms with van der Waals surface area (Å²) in [6.45, 7) is 0.430. The molecule has 2 nitrogen and oxygen atoms in total. The fraction of sp³-hybridized carbons (Fsp3) is 0.214. The maximum atomic E-state index is 6.07. The van der Waals surface area contributed by atoms with Crippen molar-refractivity contribution in [3.8, 4) is 5.75 Å². The molecule has 2 rings (SSSR count). The zero-order valence-electron chi connectivity index (χ0n) is 9.95. The highest BCUT2D eigenvalue weighted by Gasteiger charge is 2.14. The highest BCUT2D eigenvalue weighted by Crippen LogP contribution is 2.31. The lowest BCUT2D eigenvalue weighted by Gasteiger charge is -2.15. The normalized spacial score (nSPS) is 15.4. The molecule has 0 aliphatic heterocycles. The van der Waals surface area contributed by atoms with Crippen LogP contribution >= 0.6 is 23.2 Å². The third kappa shape index (κ3) is 3.21.